The van der Waals surface area contributed by atoms with Crippen LogP contribution in [-0.2, 0) is 14.3 Å². The Balaban J connectivity index is 1.84. The van der Waals surface area contributed by atoms with Crippen molar-refractivity contribution in [2.45, 2.75) is 76.8 Å². The molecule has 0 radical (unpaired) electrons. The first kappa shape index (κ1) is 17.4. The number of hydrogen-bond acceptors (Lipinski definition) is 4. The molecule has 132 valence electrons. The molecule has 2 fully saturated rings. The molecule has 4 nitrogen and oxygen atoms in total. The van der Waals surface area contributed by atoms with E-state index in [1.165, 1.54) is 5.57 Å². The Labute approximate surface area is 144 Å². The molecular weight excluding hydrogens is 304 g/mol. The third kappa shape index (κ3) is 3.35. The van der Waals surface area contributed by atoms with Crippen LogP contribution in [0.5, 0.6) is 0 Å². The highest BCUT2D eigenvalue weighted by molar-refractivity contribution is 5.91. The van der Waals surface area contributed by atoms with Gasteiger partial charge in [0.05, 0.1) is 11.7 Å². The van der Waals surface area contributed by atoms with E-state index in [1.807, 2.05) is 6.92 Å². The minimum atomic E-state index is -0.782. The summed E-state index contributed by atoms with van der Waals surface area (Å²) in [5, 5.41) is 10.7. The minimum Gasteiger partial charge on any atom is -0.455 e. The Morgan fingerprint density at radius 3 is 2.79 bits per heavy atom. The van der Waals surface area contributed by atoms with Gasteiger partial charge in [-0.25, -0.2) is 4.79 Å². The van der Waals surface area contributed by atoms with Crippen molar-refractivity contribution in [1.29, 1.82) is 0 Å². The van der Waals surface area contributed by atoms with Crippen molar-refractivity contribution in [1.82, 2.24) is 0 Å². The minimum absolute atomic E-state index is 0.101. The molecule has 0 aromatic carbocycles. The number of ether oxygens (including phenoxy) is 2. The van der Waals surface area contributed by atoms with E-state index in [0.29, 0.717) is 12.0 Å². The Bertz CT molecular complexity index is 603. The van der Waals surface area contributed by atoms with E-state index >= 15 is 0 Å². The summed E-state index contributed by atoms with van der Waals surface area (Å²) < 4.78 is 11.4. The number of aliphatic hydroxyl groups is 1. The van der Waals surface area contributed by atoms with Gasteiger partial charge in [0.15, 0.2) is 0 Å². The molecule has 0 aromatic heterocycles. The lowest BCUT2D eigenvalue weighted by Crippen LogP contribution is -2.33. The Morgan fingerprint density at radius 1 is 1.29 bits per heavy atom. The highest BCUT2D eigenvalue weighted by atomic mass is 16.6. The molecule has 2 saturated heterocycles. The SMILES string of the molecule is C=C1C(=O)O[C@@H]2[C@@H]1C[C@@H]1O[C@]1(C)CCC=C(C)CC/C=C(\C)[C@@H]2O. The van der Waals surface area contributed by atoms with E-state index in [4.69, 9.17) is 9.47 Å². The smallest absolute Gasteiger partial charge is 0.334 e. The standard InChI is InChI=1S/C20H28O4/c1-12-7-5-9-13(2)17(21)18-15(14(3)19(22)23-18)11-16-20(4,24-16)10-6-8-12/h8-9,15-18,21H,3,5-7,10-11H2,1-2,4H3/b12-8?,13-9+/t15-,16+,17+,18-,20-/m1/s1. The van der Waals surface area contributed by atoms with E-state index in [0.717, 1.165) is 31.3 Å². The Morgan fingerprint density at radius 2 is 2.04 bits per heavy atom. The second-order valence-electron chi connectivity index (χ2n) is 7.68. The maximum absolute atomic E-state index is 12.0. The third-order valence-corrected chi connectivity index (χ3v) is 5.77. The van der Waals surface area contributed by atoms with Crippen LogP contribution in [0.3, 0.4) is 0 Å². The second kappa shape index (κ2) is 6.49. The molecule has 1 aliphatic carbocycles. The third-order valence-electron chi connectivity index (χ3n) is 5.77. The van der Waals surface area contributed by atoms with Gasteiger partial charge < -0.3 is 14.6 Å². The number of aliphatic hydroxyl groups excluding tert-OH is 1. The number of carbonyl (C=O) groups is 1. The van der Waals surface area contributed by atoms with Crippen molar-refractivity contribution < 1.29 is 19.4 Å². The van der Waals surface area contributed by atoms with Crippen LogP contribution in [0.25, 0.3) is 0 Å². The molecule has 24 heavy (non-hydrogen) atoms. The van der Waals surface area contributed by atoms with Crippen LogP contribution in [0.2, 0.25) is 0 Å². The lowest BCUT2D eigenvalue weighted by molar-refractivity contribution is -0.142. The second-order valence-corrected chi connectivity index (χ2v) is 7.68. The summed E-state index contributed by atoms with van der Waals surface area (Å²) in [5.74, 6) is -0.566. The van der Waals surface area contributed by atoms with Crippen molar-refractivity contribution in [2.75, 3.05) is 0 Å². The van der Waals surface area contributed by atoms with Crippen LogP contribution >= 0.6 is 0 Å². The predicted molar refractivity (Wildman–Crippen MR) is 92.4 cm³/mol. The molecule has 5 atom stereocenters. The first-order valence-corrected chi connectivity index (χ1v) is 8.90. The van der Waals surface area contributed by atoms with Gasteiger partial charge in [0.1, 0.15) is 12.2 Å². The quantitative estimate of drug-likeness (QED) is 0.319. The molecule has 0 spiro atoms. The van der Waals surface area contributed by atoms with E-state index in [-0.39, 0.29) is 23.6 Å². The largest absolute Gasteiger partial charge is 0.455 e. The summed E-state index contributed by atoms with van der Waals surface area (Å²) in [4.78, 5) is 12.0. The Hall–Kier alpha value is -1.39. The summed E-state index contributed by atoms with van der Waals surface area (Å²) in [5.41, 5.74) is 2.56. The normalized spacial score (nSPS) is 42.8. The summed E-state index contributed by atoms with van der Waals surface area (Å²) in [6.45, 7) is 10.1. The van der Waals surface area contributed by atoms with E-state index < -0.39 is 12.2 Å². The molecule has 2 aliphatic heterocycles. The van der Waals surface area contributed by atoms with Gasteiger partial charge in [0.2, 0.25) is 0 Å². The average Bonchev–Trinajstić information content (AvgIpc) is 3.08. The van der Waals surface area contributed by atoms with Gasteiger partial charge in [-0.15, -0.1) is 0 Å². The van der Waals surface area contributed by atoms with Crippen molar-refractivity contribution in [3.8, 4) is 0 Å². The van der Waals surface area contributed by atoms with Crippen molar-refractivity contribution in [3.63, 3.8) is 0 Å². The molecule has 3 aliphatic rings. The lowest BCUT2D eigenvalue weighted by atomic mass is 9.84. The molecule has 0 aromatic rings. The average molecular weight is 332 g/mol. The van der Waals surface area contributed by atoms with Gasteiger partial charge in [0.25, 0.3) is 0 Å². The van der Waals surface area contributed by atoms with Crippen LogP contribution in [0, 0.1) is 5.92 Å². The fourth-order valence-electron chi connectivity index (χ4n) is 3.85. The molecule has 3 rings (SSSR count). The topological polar surface area (TPSA) is 59.1 Å². The summed E-state index contributed by atoms with van der Waals surface area (Å²) in [7, 11) is 0. The molecule has 0 amide bonds. The molecule has 0 bridgehead atoms. The molecule has 2 heterocycles. The van der Waals surface area contributed by atoms with Gasteiger partial charge in [-0.3, -0.25) is 0 Å². The molecule has 0 unspecified atom stereocenters. The number of epoxide rings is 1. The zero-order valence-corrected chi connectivity index (χ0v) is 14.9. The highest BCUT2D eigenvalue weighted by Gasteiger charge is 2.55. The van der Waals surface area contributed by atoms with Crippen LogP contribution in [-0.4, -0.2) is 35.0 Å². The van der Waals surface area contributed by atoms with E-state index in [2.05, 4.69) is 32.6 Å². The van der Waals surface area contributed by atoms with E-state index in [1.54, 1.807) is 0 Å². The molecule has 1 N–H and O–H groups in total. The molecular formula is C20H28O4. The number of allylic oxidation sites excluding steroid dienone is 3. The fraction of sp³-hybridized carbons (Fsp3) is 0.650. The monoisotopic (exact) mass is 332 g/mol. The maximum Gasteiger partial charge on any atom is 0.334 e. The predicted octanol–water partition coefficient (Wildman–Crippen LogP) is 3.46. The number of esters is 1. The highest BCUT2D eigenvalue weighted by Crippen LogP contribution is 2.47. The number of hydrogen-bond donors (Lipinski definition) is 1. The molecule has 0 saturated carbocycles. The lowest BCUT2D eigenvalue weighted by Gasteiger charge is -2.24. The van der Waals surface area contributed by atoms with Gasteiger partial charge >= 0.3 is 5.97 Å². The van der Waals surface area contributed by atoms with Gasteiger partial charge in [-0.05, 0) is 58.4 Å². The van der Waals surface area contributed by atoms with Crippen molar-refractivity contribution in [3.05, 3.63) is 35.5 Å². The van der Waals surface area contributed by atoms with Crippen molar-refractivity contribution in [2.24, 2.45) is 5.92 Å². The first-order chi connectivity index (χ1) is 11.3. The van der Waals surface area contributed by atoms with Crippen LogP contribution in [0.15, 0.2) is 35.5 Å². The maximum atomic E-state index is 12.0. The van der Waals surface area contributed by atoms with Gasteiger partial charge in [0, 0.05) is 11.5 Å². The van der Waals surface area contributed by atoms with Crippen LogP contribution < -0.4 is 0 Å². The van der Waals surface area contributed by atoms with Crippen molar-refractivity contribution >= 4 is 5.97 Å². The van der Waals surface area contributed by atoms with Gasteiger partial charge in [-0.2, -0.15) is 0 Å². The molecule has 4 heteroatoms. The Kier molecular flexibility index (Phi) is 4.71. The van der Waals surface area contributed by atoms with Crippen LogP contribution in [0.1, 0.15) is 52.9 Å². The van der Waals surface area contributed by atoms with E-state index in [9.17, 15) is 9.90 Å². The summed E-state index contributed by atoms with van der Waals surface area (Å²) >= 11 is 0. The zero-order valence-electron chi connectivity index (χ0n) is 14.9. The number of fused-ring (bicyclic) bond motifs is 2. The number of rotatable bonds is 0. The van der Waals surface area contributed by atoms with Crippen LogP contribution in [0.4, 0.5) is 0 Å². The fourth-order valence-corrected chi connectivity index (χ4v) is 3.85. The summed E-state index contributed by atoms with van der Waals surface area (Å²) in [6.07, 6.45) is 7.64. The van der Waals surface area contributed by atoms with Gasteiger partial charge in [-0.1, -0.05) is 24.3 Å². The zero-order chi connectivity index (χ0) is 17.5. The summed E-state index contributed by atoms with van der Waals surface area (Å²) in [6, 6.07) is 0. The number of carbonyl (C=O) groups excluding carboxylic acids is 1. The first-order valence-electron chi connectivity index (χ1n) is 8.90.